The van der Waals surface area contributed by atoms with Gasteiger partial charge in [0.2, 0.25) is 0 Å². The smallest absolute Gasteiger partial charge is 0.339 e. The minimum Gasteiger partial charge on any atom is -0.488 e. The molecule has 138 valence electrons. The van der Waals surface area contributed by atoms with Crippen LogP contribution in [-0.2, 0) is 6.61 Å². The Labute approximate surface area is 173 Å². The number of ether oxygens (including phenoxy) is 1. The fourth-order valence-electron chi connectivity index (χ4n) is 3.05. The molecule has 0 fully saturated rings. The average Bonchev–Trinajstić information content (AvgIpc) is 3.47. The van der Waals surface area contributed by atoms with Crippen LogP contribution in [0.4, 0.5) is 0 Å². The maximum atomic E-state index is 11.9. The van der Waals surface area contributed by atoms with Crippen molar-refractivity contribution in [2.75, 3.05) is 0 Å². The summed E-state index contributed by atoms with van der Waals surface area (Å²) in [6, 6.07) is 19.4. The predicted molar refractivity (Wildman–Crippen MR) is 118 cm³/mol. The van der Waals surface area contributed by atoms with Crippen LogP contribution >= 0.6 is 34.0 Å². The van der Waals surface area contributed by atoms with Gasteiger partial charge in [0.05, 0.1) is 16.3 Å². The summed E-state index contributed by atoms with van der Waals surface area (Å²) in [4.78, 5) is 16.8. The first-order valence-electron chi connectivity index (χ1n) is 8.64. The molecule has 0 atom stereocenters. The zero-order valence-electron chi connectivity index (χ0n) is 14.6. The van der Waals surface area contributed by atoms with Crippen molar-refractivity contribution in [3.8, 4) is 25.3 Å². The van der Waals surface area contributed by atoms with E-state index in [-0.39, 0.29) is 0 Å². The van der Waals surface area contributed by atoms with Gasteiger partial charge in [-0.1, -0.05) is 24.3 Å². The van der Waals surface area contributed by atoms with Crippen LogP contribution in [0.3, 0.4) is 0 Å². The second-order valence-electron chi connectivity index (χ2n) is 6.13. The lowest BCUT2D eigenvalue weighted by molar-refractivity contribution is 0.308. The molecule has 28 heavy (non-hydrogen) atoms. The molecule has 0 saturated heterocycles. The summed E-state index contributed by atoms with van der Waals surface area (Å²) in [7, 11) is 0. The Balaban J connectivity index is 1.53. The maximum absolute atomic E-state index is 11.9. The van der Waals surface area contributed by atoms with Crippen LogP contribution < -0.4 is 10.4 Å². The van der Waals surface area contributed by atoms with Crippen LogP contribution in [0.5, 0.6) is 5.75 Å². The number of benzene rings is 1. The third kappa shape index (κ3) is 3.30. The Kier molecular flexibility index (Phi) is 4.60. The van der Waals surface area contributed by atoms with Crippen molar-refractivity contribution in [1.29, 1.82) is 0 Å². The first-order valence-corrected chi connectivity index (χ1v) is 11.2. The number of hydrogen-bond acceptors (Lipinski definition) is 6. The summed E-state index contributed by atoms with van der Waals surface area (Å²) < 4.78 is 11.4. The Morgan fingerprint density at radius 3 is 2.43 bits per heavy atom. The van der Waals surface area contributed by atoms with E-state index >= 15 is 0 Å². The van der Waals surface area contributed by atoms with Crippen LogP contribution in [0.25, 0.3) is 30.5 Å². The van der Waals surface area contributed by atoms with E-state index in [2.05, 4.69) is 41.1 Å². The van der Waals surface area contributed by atoms with Crippen LogP contribution in [0.1, 0.15) is 5.56 Å². The van der Waals surface area contributed by atoms with Gasteiger partial charge < -0.3 is 9.15 Å². The zero-order chi connectivity index (χ0) is 18.9. The van der Waals surface area contributed by atoms with Gasteiger partial charge in [-0.15, -0.1) is 34.0 Å². The highest BCUT2D eigenvalue weighted by molar-refractivity contribution is 7.26. The van der Waals surface area contributed by atoms with Crippen molar-refractivity contribution in [3.63, 3.8) is 0 Å². The van der Waals surface area contributed by atoms with E-state index in [4.69, 9.17) is 9.15 Å². The van der Waals surface area contributed by atoms with Crippen molar-refractivity contribution in [2.45, 2.75) is 6.61 Å². The molecule has 4 heterocycles. The molecule has 0 saturated carbocycles. The predicted octanol–water partition coefficient (Wildman–Crippen LogP) is 6.89. The van der Waals surface area contributed by atoms with E-state index in [1.807, 2.05) is 18.2 Å². The lowest BCUT2D eigenvalue weighted by Gasteiger charge is -2.08. The standard InChI is InChI=1S/C22H14O3S3/c23-21-12-17(15-5-1-2-6-16(15)25-21)24-13-14-11-20(18-7-3-9-26-18)28-22(14)19-8-4-10-27-19/h1-12H,13H2. The largest absolute Gasteiger partial charge is 0.488 e. The molecule has 3 nitrogen and oxygen atoms in total. The Morgan fingerprint density at radius 1 is 0.857 bits per heavy atom. The molecule has 0 radical (unpaired) electrons. The summed E-state index contributed by atoms with van der Waals surface area (Å²) in [5.74, 6) is 0.549. The molecule has 5 aromatic rings. The van der Waals surface area contributed by atoms with Gasteiger partial charge in [-0.25, -0.2) is 4.79 Å². The first-order chi connectivity index (χ1) is 13.8. The van der Waals surface area contributed by atoms with Gasteiger partial charge in [-0.2, -0.15) is 0 Å². The topological polar surface area (TPSA) is 39.4 Å². The van der Waals surface area contributed by atoms with Gasteiger partial charge in [0.25, 0.3) is 0 Å². The highest BCUT2D eigenvalue weighted by Gasteiger charge is 2.15. The van der Waals surface area contributed by atoms with Crippen LogP contribution in [0.2, 0.25) is 0 Å². The Bertz CT molecular complexity index is 1280. The molecule has 0 N–H and O–H groups in total. The fourth-order valence-corrected chi connectivity index (χ4v) is 5.93. The van der Waals surface area contributed by atoms with Gasteiger partial charge in [0.1, 0.15) is 17.9 Å². The van der Waals surface area contributed by atoms with Crippen LogP contribution in [-0.4, -0.2) is 0 Å². The van der Waals surface area contributed by atoms with E-state index in [1.54, 1.807) is 40.1 Å². The average molecular weight is 423 g/mol. The molecule has 4 aromatic heterocycles. The van der Waals surface area contributed by atoms with Crippen molar-refractivity contribution < 1.29 is 9.15 Å². The van der Waals surface area contributed by atoms with E-state index < -0.39 is 5.63 Å². The molecule has 0 spiro atoms. The van der Waals surface area contributed by atoms with Gasteiger partial charge >= 0.3 is 5.63 Å². The zero-order valence-corrected chi connectivity index (χ0v) is 17.0. The highest BCUT2D eigenvalue weighted by Crippen LogP contribution is 2.42. The Hall–Kier alpha value is -2.67. The summed E-state index contributed by atoms with van der Waals surface area (Å²) >= 11 is 5.23. The van der Waals surface area contributed by atoms with E-state index in [1.165, 1.54) is 25.6 Å². The van der Waals surface area contributed by atoms with Gasteiger partial charge in [0, 0.05) is 20.2 Å². The summed E-state index contributed by atoms with van der Waals surface area (Å²) in [5.41, 5.74) is 1.25. The number of fused-ring (bicyclic) bond motifs is 1. The number of para-hydroxylation sites is 1. The molecule has 0 aliphatic heterocycles. The summed E-state index contributed by atoms with van der Waals surface area (Å²) in [6.45, 7) is 0.391. The van der Waals surface area contributed by atoms with Crippen molar-refractivity contribution in [2.24, 2.45) is 0 Å². The monoisotopic (exact) mass is 422 g/mol. The lowest BCUT2D eigenvalue weighted by Crippen LogP contribution is -2.02. The van der Waals surface area contributed by atoms with Crippen molar-refractivity contribution >= 4 is 45.0 Å². The van der Waals surface area contributed by atoms with Crippen LogP contribution in [0, 0.1) is 0 Å². The molecular weight excluding hydrogens is 408 g/mol. The maximum Gasteiger partial charge on any atom is 0.339 e. The third-order valence-electron chi connectivity index (χ3n) is 4.31. The number of hydrogen-bond donors (Lipinski definition) is 0. The van der Waals surface area contributed by atoms with E-state index in [0.717, 1.165) is 10.9 Å². The minimum absolute atomic E-state index is 0.391. The van der Waals surface area contributed by atoms with E-state index in [9.17, 15) is 4.79 Å². The molecule has 1 aromatic carbocycles. The minimum atomic E-state index is -0.406. The number of thiophene rings is 3. The SMILES string of the molecule is O=c1cc(OCc2cc(-c3cccs3)sc2-c2cccs2)c2ccccc2o1. The molecule has 0 aliphatic carbocycles. The van der Waals surface area contributed by atoms with Gasteiger partial charge in [0.15, 0.2) is 0 Å². The second-order valence-corrected chi connectivity index (χ2v) is 9.08. The van der Waals surface area contributed by atoms with Crippen molar-refractivity contribution in [1.82, 2.24) is 0 Å². The molecule has 5 rings (SSSR count). The molecule has 0 amide bonds. The molecule has 0 bridgehead atoms. The molecule has 0 aliphatic rings. The Morgan fingerprint density at radius 2 is 1.64 bits per heavy atom. The first kappa shape index (κ1) is 17.4. The quantitative estimate of drug-likeness (QED) is 0.290. The molecule has 0 unspecified atom stereocenters. The summed E-state index contributed by atoms with van der Waals surface area (Å²) in [6.07, 6.45) is 0. The fraction of sp³-hybridized carbons (Fsp3) is 0.0455. The molecule has 6 heteroatoms. The summed E-state index contributed by atoms with van der Waals surface area (Å²) in [5, 5.41) is 4.97. The second kappa shape index (κ2) is 7.39. The van der Waals surface area contributed by atoms with Gasteiger partial charge in [-0.3, -0.25) is 0 Å². The van der Waals surface area contributed by atoms with E-state index in [0.29, 0.717) is 17.9 Å². The van der Waals surface area contributed by atoms with Crippen LogP contribution in [0.15, 0.2) is 80.6 Å². The molecular formula is C22H14O3S3. The van der Waals surface area contributed by atoms with Crippen molar-refractivity contribution in [3.05, 3.63) is 87.4 Å². The highest BCUT2D eigenvalue weighted by atomic mass is 32.1. The van der Waals surface area contributed by atoms with Gasteiger partial charge in [-0.05, 0) is 41.1 Å². The third-order valence-corrected chi connectivity index (χ3v) is 7.61. The number of rotatable bonds is 5. The lowest BCUT2D eigenvalue weighted by atomic mass is 10.2. The normalized spacial score (nSPS) is 11.1.